The van der Waals surface area contributed by atoms with Crippen LogP contribution < -0.4 is 0 Å². The van der Waals surface area contributed by atoms with Crippen LogP contribution in [-0.4, -0.2) is 35.1 Å². The fraction of sp³-hybridized carbons (Fsp3) is 0.0800. The molecule has 0 aliphatic carbocycles. The highest BCUT2D eigenvalue weighted by Crippen LogP contribution is 2.31. The van der Waals surface area contributed by atoms with E-state index in [2.05, 4.69) is 42.8 Å². The molecule has 7 heteroatoms. The summed E-state index contributed by atoms with van der Waals surface area (Å²) >= 11 is 0. The van der Waals surface area contributed by atoms with Crippen molar-refractivity contribution in [2.45, 2.75) is 13.8 Å². The van der Waals surface area contributed by atoms with Crippen LogP contribution in [0.25, 0.3) is 39.3 Å². The minimum atomic E-state index is 0.683. The van der Waals surface area contributed by atoms with Gasteiger partial charge in [-0.3, -0.25) is 20.1 Å². The predicted octanol–water partition coefficient (Wildman–Crippen LogP) is 5.04. The maximum absolute atomic E-state index is 4.90. The molecule has 0 amide bonds. The number of H-pyrrole nitrogens is 2. The number of nitrogens with zero attached hydrogens (tertiary/aromatic N) is 5. The van der Waals surface area contributed by atoms with Crippen molar-refractivity contribution >= 4 is 16.5 Å². The first-order valence-corrected chi connectivity index (χ1v) is 10.2. The van der Waals surface area contributed by atoms with Crippen LogP contribution in [0.3, 0.4) is 0 Å². The molecule has 0 spiro atoms. The van der Waals surface area contributed by atoms with Crippen molar-refractivity contribution in [3.63, 3.8) is 0 Å². The van der Waals surface area contributed by atoms with E-state index < -0.39 is 0 Å². The Balaban J connectivity index is 1.61. The maximum Gasteiger partial charge on any atom is 0.159 e. The average Bonchev–Trinajstić information content (AvgIpc) is 3.41. The lowest BCUT2D eigenvalue weighted by Crippen LogP contribution is -1.92. The Bertz CT molecular complexity index is 1460. The van der Waals surface area contributed by atoms with E-state index in [1.165, 1.54) is 0 Å². The van der Waals surface area contributed by atoms with Crippen molar-refractivity contribution < 1.29 is 0 Å². The standard InChI is InChI=1S/C25H21N7/c1-4-6-19(17-7-5-8-26-12-17)23-16(3)29-25(30-23)24-20-10-21(28-14-22(20)31-32-24)18-9-15(2)11-27-13-18/h4-14H,1H2,2-3H3,(H,29,30)(H,31,32)/b19-6-. The molecule has 0 aliphatic heterocycles. The molecular weight excluding hydrogens is 398 g/mol. The second kappa shape index (κ2) is 8.03. The van der Waals surface area contributed by atoms with Crippen molar-refractivity contribution in [2.75, 3.05) is 0 Å². The normalized spacial score (nSPS) is 11.8. The number of allylic oxidation sites excluding steroid dienone is 2. The molecule has 32 heavy (non-hydrogen) atoms. The van der Waals surface area contributed by atoms with Crippen LogP contribution in [0.15, 0.2) is 74.0 Å². The zero-order chi connectivity index (χ0) is 22.1. The lowest BCUT2D eigenvalue weighted by molar-refractivity contribution is 1.10. The molecule has 0 radical (unpaired) electrons. The van der Waals surface area contributed by atoms with Gasteiger partial charge in [-0.05, 0) is 37.6 Å². The molecule has 0 fully saturated rings. The number of fused-ring (bicyclic) bond motifs is 1. The molecule has 0 bridgehead atoms. The molecule has 0 saturated carbocycles. The van der Waals surface area contributed by atoms with Crippen LogP contribution in [-0.2, 0) is 0 Å². The molecule has 0 saturated heterocycles. The Morgan fingerprint density at radius 1 is 1.06 bits per heavy atom. The minimum absolute atomic E-state index is 0.683. The number of nitrogens with one attached hydrogen (secondary N) is 2. The van der Waals surface area contributed by atoms with E-state index in [0.29, 0.717) is 5.82 Å². The van der Waals surface area contributed by atoms with Gasteiger partial charge in [0.1, 0.15) is 5.69 Å². The topological polar surface area (TPSA) is 96.0 Å². The van der Waals surface area contributed by atoms with Crippen molar-refractivity contribution in [1.29, 1.82) is 0 Å². The summed E-state index contributed by atoms with van der Waals surface area (Å²) in [5.41, 5.74) is 8.15. The zero-order valence-corrected chi connectivity index (χ0v) is 17.8. The number of rotatable bonds is 5. The molecule has 2 N–H and O–H groups in total. The Labute approximate surface area is 185 Å². The second-order valence-electron chi connectivity index (χ2n) is 7.56. The van der Waals surface area contributed by atoms with Crippen LogP contribution in [0.1, 0.15) is 22.5 Å². The lowest BCUT2D eigenvalue weighted by atomic mass is 10.0. The summed E-state index contributed by atoms with van der Waals surface area (Å²) in [6.45, 7) is 7.87. The van der Waals surface area contributed by atoms with Gasteiger partial charge in [0.05, 0.1) is 23.1 Å². The SMILES string of the molecule is C=C/C=C(/c1cccnc1)c1nc(-c2n[nH]c3cnc(-c4cncc(C)c4)cc23)[nH]c1C. The van der Waals surface area contributed by atoms with Gasteiger partial charge in [0.25, 0.3) is 0 Å². The molecule has 5 heterocycles. The molecule has 5 aromatic heterocycles. The summed E-state index contributed by atoms with van der Waals surface area (Å²) in [6, 6.07) is 8.00. The largest absolute Gasteiger partial charge is 0.340 e. The fourth-order valence-corrected chi connectivity index (χ4v) is 3.74. The third kappa shape index (κ3) is 3.50. The van der Waals surface area contributed by atoms with Gasteiger partial charge in [-0.2, -0.15) is 5.10 Å². The summed E-state index contributed by atoms with van der Waals surface area (Å²) in [6.07, 6.45) is 12.7. The number of aromatic amines is 2. The molecule has 156 valence electrons. The van der Waals surface area contributed by atoms with Gasteiger partial charge in [-0.15, -0.1) is 0 Å². The predicted molar refractivity (Wildman–Crippen MR) is 126 cm³/mol. The number of aromatic nitrogens is 7. The molecule has 0 aromatic carbocycles. The Morgan fingerprint density at radius 2 is 1.97 bits per heavy atom. The first-order valence-electron chi connectivity index (χ1n) is 10.2. The van der Waals surface area contributed by atoms with Gasteiger partial charge in [0, 0.05) is 52.6 Å². The molecule has 5 aromatic rings. The monoisotopic (exact) mass is 419 g/mol. The Hall–Kier alpha value is -4.39. The van der Waals surface area contributed by atoms with Gasteiger partial charge >= 0.3 is 0 Å². The quantitative estimate of drug-likeness (QED) is 0.389. The highest BCUT2D eigenvalue weighted by Gasteiger charge is 2.18. The Morgan fingerprint density at radius 3 is 2.75 bits per heavy atom. The summed E-state index contributed by atoms with van der Waals surface area (Å²) in [5, 5.41) is 8.52. The fourth-order valence-electron chi connectivity index (χ4n) is 3.74. The van der Waals surface area contributed by atoms with Gasteiger partial charge in [0.2, 0.25) is 0 Å². The minimum Gasteiger partial charge on any atom is -0.340 e. The van der Waals surface area contributed by atoms with E-state index in [0.717, 1.165) is 55.9 Å². The third-order valence-electron chi connectivity index (χ3n) is 5.24. The van der Waals surface area contributed by atoms with E-state index in [1.807, 2.05) is 56.7 Å². The zero-order valence-electron chi connectivity index (χ0n) is 17.8. The number of imidazole rings is 1. The second-order valence-corrected chi connectivity index (χ2v) is 7.56. The molecule has 0 aliphatic rings. The first kappa shape index (κ1) is 19.6. The van der Waals surface area contributed by atoms with Crippen molar-refractivity contribution in [1.82, 2.24) is 35.1 Å². The van der Waals surface area contributed by atoms with E-state index in [9.17, 15) is 0 Å². The highest BCUT2D eigenvalue weighted by atomic mass is 15.1. The van der Waals surface area contributed by atoms with Gasteiger partial charge < -0.3 is 4.98 Å². The van der Waals surface area contributed by atoms with Crippen molar-refractivity contribution in [3.05, 3.63) is 96.5 Å². The van der Waals surface area contributed by atoms with Crippen molar-refractivity contribution in [2.24, 2.45) is 0 Å². The van der Waals surface area contributed by atoms with Crippen LogP contribution >= 0.6 is 0 Å². The van der Waals surface area contributed by atoms with E-state index in [-0.39, 0.29) is 0 Å². The number of hydrogen-bond donors (Lipinski definition) is 2. The van der Waals surface area contributed by atoms with Crippen LogP contribution in [0.2, 0.25) is 0 Å². The Kier molecular flexibility index (Phi) is 4.91. The lowest BCUT2D eigenvalue weighted by Gasteiger charge is -2.04. The molecule has 0 atom stereocenters. The first-order chi connectivity index (χ1) is 15.6. The van der Waals surface area contributed by atoms with Crippen LogP contribution in [0, 0.1) is 13.8 Å². The molecule has 0 unspecified atom stereocenters. The van der Waals surface area contributed by atoms with E-state index >= 15 is 0 Å². The molecular formula is C25H21N7. The summed E-state index contributed by atoms with van der Waals surface area (Å²) < 4.78 is 0. The molecule has 7 nitrogen and oxygen atoms in total. The number of aryl methyl sites for hydroxylation is 2. The maximum atomic E-state index is 4.90. The van der Waals surface area contributed by atoms with Gasteiger partial charge in [-0.1, -0.05) is 24.8 Å². The highest BCUT2D eigenvalue weighted by molar-refractivity contribution is 5.93. The van der Waals surface area contributed by atoms with E-state index in [4.69, 9.17) is 4.98 Å². The smallest absolute Gasteiger partial charge is 0.159 e. The summed E-state index contributed by atoms with van der Waals surface area (Å²) in [5.74, 6) is 0.683. The van der Waals surface area contributed by atoms with Crippen LogP contribution in [0.5, 0.6) is 0 Å². The summed E-state index contributed by atoms with van der Waals surface area (Å²) in [7, 11) is 0. The number of pyridine rings is 3. The van der Waals surface area contributed by atoms with Crippen molar-refractivity contribution in [3.8, 4) is 22.8 Å². The van der Waals surface area contributed by atoms with E-state index in [1.54, 1.807) is 18.5 Å². The summed E-state index contributed by atoms with van der Waals surface area (Å²) in [4.78, 5) is 21.4. The van der Waals surface area contributed by atoms with Gasteiger partial charge in [0.15, 0.2) is 5.82 Å². The average molecular weight is 419 g/mol. The van der Waals surface area contributed by atoms with Crippen LogP contribution in [0.4, 0.5) is 0 Å². The molecule has 5 rings (SSSR count). The number of hydrogen-bond acceptors (Lipinski definition) is 5. The third-order valence-corrected chi connectivity index (χ3v) is 5.24. The van der Waals surface area contributed by atoms with Gasteiger partial charge in [-0.25, -0.2) is 4.98 Å².